The average Bonchev–Trinajstić information content (AvgIpc) is 2.92. The Labute approximate surface area is 101 Å². The molecule has 0 spiro atoms. The van der Waals surface area contributed by atoms with Crippen LogP contribution < -0.4 is 0 Å². The number of benzene rings is 1. The van der Waals surface area contributed by atoms with Crippen LogP contribution in [0.3, 0.4) is 0 Å². The molecule has 0 saturated heterocycles. The highest BCUT2D eigenvalue weighted by Gasteiger charge is 2.15. The van der Waals surface area contributed by atoms with Crippen LogP contribution in [0.5, 0.6) is 0 Å². The van der Waals surface area contributed by atoms with Crippen LogP contribution in [-0.4, -0.2) is 20.0 Å². The third-order valence-corrected chi connectivity index (χ3v) is 3.61. The van der Waals surface area contributed by atoms with Gasteiger partial charge >= 0.3 is 0 Å². The maximum absolute atomic E-state index is 13.7. The van der Waals surface area contributed by atoms with Crippen molar-refractivity contribution >= 4 is 22.4 Å². The highest BCUT2D eigenvalue weighted by atomic mass is 32.1. The Balaban J connectivity index is 2.23. The first-order chi connectivity index (χ1) is 8.29. The SMILES string of the molecule is CCc1nc(F)c(-n2nnc3ccccc32)s1. The van der Waals surface area contributed by atoms with E-state index in [2.05, 4.69) is 15.3 Å². The molecule has 6 heteroatoms. The van der Waals surface area contributed by atoms with Gasteiger partial charge in [0.25, 0.3) is 0 Å². The molecule has 3 aromatic rings. The number of halogens is 1. The Hall–Kier alpha value is -1.82. The number of para-hydroxylation sites is 1. The van der Waals surface area contributed by atoms with Gasteiger partial charge in [-0.3, -0.25) is 0 Å². The quantitative estimate of drug-likeness (QED) is 0.700. The third kappa shape index (κ3) is 1.61. The Bertz CT molecular complexity index is 673. The largest absolute Gasteiger partial charge is 0.250 e. The molecule has 0 fully saturated rings. The van der Waals surface area contributed by atoms with Crippen LogP contribution in [0.4, 0.5) is 4.39 Å². The summed E-state index contributed by atoms with van der Waals surface area (Å²) in [7, 11) is 0. The van der Waals surface area contributed by atoms with Crippen LogP contribution in [0.25, 0.3) is 16.0 Å². The second-order valence-corrected chi connectivity index (χ2v) is 4.61. The molecule has 0 atom stereocenters. The number of nitrogens with zero attached hydrogens (tertiary/aromatic N) is 4. The maximum atomic E-state index is 13.7. The first kappa shape index (κ1) is 10.3. The molecule has 0 radical (unpaired) electrons. The fourth-order valence-corrected chi connectivity index (χ4v) is 2.48. The van der Waals surface area contributed by atoms with Crippen molar-refractivity contribution in [2.24, 2.45) is 0 Å². The van der Waals surface area contributed by atoms with Crippen molar-refractivity contribution in [3.8, 4) is 5.00 Å². The van der Waals surface area contributed by atoms with Crippen LogP contribution in [0, 0.1) is 5.95 Å². The van der Waals surface area contributed by atoms with E-state index in [1.165, 1.54) is 16.0 Å². The lowest BCUT2D eigenvalue weighted by molar-refractivity contribution is 0.575. The summed E-state index contributed by atoms with van der Waals surface area (Å²) >= 11 is 1.31. The highest BCUT2D eigenvalue weighted by Crippen LogP contribution is 2.24. The van der Waals surface area contributed by atoms with Crippen molar-refractivity contribution in [3.63, 3.8) is 0 Å². The van der Waals surface area contributed by atoms with Crippen molar-refractivity contribution < 1.29 is 4.39 Å². The van der Waals surface area contributed by atoms with Gasteiger partial charge in [-0.1, -0.05) is 35.6 Å². The summed E-state index contributed by atoms with van der Waals surface area (Å²) in [5.41, 5.74) is 1.54. The zero-order valence-electron chi connectivity index (χ0n) is 9.09. The Kier molecular flexibility index (Phi) is 2.36. The van der Waals surface area contributed by atoms with E-state index in [1.54, 1.807) is 0 Å². The molecule has 0 aliphatic carbocycles. The van der Waals surface area contributed by atoms with Crippen LogP contribution >= 0.6 is 11.3 Å². The summed E-state index contributed by atoms with van der Waals surface area (Å²) in [4.78, 5) is 3.86. The van der Waals surface area contributed by atoms with Crippen molar-refractivity contribution in [3.05, 3.63) is 35.2 Å². The van der Waals surface area contributed by atoms with E-state index in [9.17, 15) is 4.39 Å². The minimum Gasteiger partial charge on any atom is -0.211 e. The van der Waals surface area contributed by atoms with Crippen molar-refractivity contribution in [2.75, 3.05) is 0 Å². The van der Waals surface area contributed by atoms with Crippen LogP contribution in [0.15, 0.2) is 24.3 Å². The summed E-state index contributed by atoms with van der Waals surface area (Å²) in [5.74, 6) is -0.484. The van der Waals surface area contributed by atoms with Crippen molar-refractivity contribution in [2.45, 2.75) is 13.3 Å². The van der Waals surface area contributed by atoms with Gasteiger partial charge in [0, 0.05) is 0 Å². The minimum atomic E-state index is -0.484. The predicted octanol–water partition coefficient (Wildman–Crippen LogP) is 2.58. The topological polar surface area (TPSA) is 43.6 Å². The van der Waals surface area contributed by atoms with E-state index in [-0.39, 0.29) is 0 Å². The first-order valence-corrected chi connectivity index (χ1v) is 6.07. The van der Waals surface area contributed by atoms with Crippen LogP contribution in [0.1, 0.15) is 11.9 Å². The second-order valence-electron chi connectivity index (χ2n) is 3.55. The molecular formula is C11H9FN4S. The molecule has 0 amide bonds. The number of hydrogen-bond acceptors (Lipinski definition) is 4. The Morgan fingerprint density at radius 2 is 2.18 bits per heavy atom. The van der Waals surface area contributed by atoms with E-state index in [4.69, 9.17) is 0 Å². The molecule has 2 heterocycles. The maximum Gasteiger partial charge on any atom is 0.250 e. The van der Waals surface area contributed by atoms with E-state index >= 15 is 0 Å². The molecule has 0 unspecified atom stereocenters. The zero-order valence-corrected chi connectivity index (χ0v) is 9.91. The zero-order chi connectivity index (χ0) is 11.8. The predicted molar refractivity (Wildman–Crippen MR) is 63.9 cm³/mol. The molecule has 0 aliphatic heterocycles. The van der Waals surface area contributed by atoms with E-state index < -0.39 is 5.95 Å². The smallest absolute Gasteiger partial charge is 0.211 e. The average molecular weight is 248 g/mol. The second kappa shape index (κ2) is 3.89. The molecule has 3 rings (SSSR count). The van der Waals surface area contributed by atoms with E-state index in [1.807, 2.05) is 31.2 Å². The number of rotatable bonds is 2. The monoisotopic (exact) mass is 248 g/mol. The summed E-state index contributed by atoms with van der Waals surface area (Å²) in [5, 5.41) is 9.13. The lowest BCUT2D eigenvalue weighted by Crippen LogP contribution is -1.96. The van der Waals surface area contributed by atoms with Crippen molar-refractivity contribution in [1.82, 2.24) is 20.0 Å². The molecule has 1 aromatic carbocycles. The van der Waals surface area contributed by atoms with Gasteiger partial charge in [0.05, 0.1) is 10.5 Å². The number of aryl methyl sites for hydroxylation is 1. The fraction of sp³-hybridized carbons (Fsp3) is 0.182. The van der Waals surface area contributed by atoms with Gasteiger partial charge < -0.3 is 0 Å². The Morgan fingerprint density at radius 3 is 2.94 bits per heavy atom. The summed E-state index contributed by atoms with van der Waals surface area (Å²) in [6.07, 6.45) is 0.716. The number of thiazole rings is 1. The van der Waals surface area contributed by atoms with Gasteiger partial charge in [0.2, 0.25) is 5.95 Å². The first-order valence-electron chi connectivity index (χ1n) is 5.25. The molecule has 86 valence electrons. The van der Waals surface area contributed by atoms with Gasteiger partial charge in [0.1, 0.15) is 5.52 Å². The highest BCUT2D eigenvalue weighted by molar-refractivity contribution is 7.14. The van der Waals surface area contributed by atoms with Gasteiger partial charge in [-0.05, 0) is 18.6 Å². The molecule has 0 saturated carbocycles. The normalized spacial score (nSPS) is 11.2. The summed E-state index contributed by atoms with van der Waals surface area (Å²) < 4.78 is 15.2. The lowest BCUT2D eigenvalue weighted by atomic mass is 10.3. The van der Waals surface area contributed by atoms with E-state index in [0.29, 0.717) is 11.4 Å². The van der Waals surface area contributed by atoms with Crippen LogP contribution in [-0.2, 0) is 6.42 Å². The summed E-state index contributed by atoms with van der Waals surface area (Å²) in [6.45, 7) is 1.95. The fourth-order valence-electron chi connectivity index (χ4n) is 1.63. The molecular weight excluding hydrogens is 239 g/mol. The standard InChI is InChI=1S/C11H9FN4S/c1-2-9-13-10(12)11(17-9)16-8-6-4-3-5-7(8)14-15-16/h3-6H,2H2,1H3. The van der Waals surface area contributed by atoms with Gasteiger partial charge in [0.15, 0.2) is 5.00 Å². The summed E-state index contributed by atoms with van der Waals surface area (Å²) in [6, 6.07) is 7.46. The number of fused-ring (bicyclic) bond motifs is 1. The number of aromatic nitrogens is 4. The third-order valence-electron chi connectivity index (χ3n) is 2.46. The molecule has 17 heavy (non-hydrogen) atoms. The van der Waals surface area contributed by atoms with E-state index in [0.717, 1.165) is 16.0 Å². The van der Waals surface area contributed by atoms with Gasteiger partial charge in [-0.25, -0.2) is 4.98 Å². The number of hydrogen-bond donors (Lipinski definition) is 0. The molecule has 0 bridgehead atoms. The molecule has 4 nitrogen and oxygen atoms in total. The molecule has 0 aliphatic rings. The minimum absolute atomic E-state index is 0.399. The van der Waals surface area contributed by atoms with Crippen molar-refractivity contribution in [1.29, 1.82) is 0 Å². The van der Waals surface area contributed by atoms with Gasteiger partial charge in [-0.2, -0.15) is 9.07 Å². The molecule has 2 aromatic heterocycles. The molecule has 0 N–H and O–H groups in total. The lowest BCUT2D eigenvalue weighted by Gasteiger charge is -1.96. The Morgan fingerprint density at radius 1 is 1.35 bits per heavy atom. The van der Waals surface area contributed by atoms with Crippen LogP contribution in [0.2, 0.25) is 0 Å². The van der Waals surface area contributed by atoms with Gasteiger partial charge in [-0.15, -0.1) is 5.10 Å².